The van der Waals surface area contributed by atoms with E-state index in [0.717, 1.165) is 0 Å². The molecule has 0 bridgehead atoms. The minimum Gasteiger partial charge on any atom is -0.497 e. The molecule has 2 aromatic carbocycles. The molecule has 0 saturated heterocycles. The highest BCUT2D eigenvalue weighted by Gasteiger charge is 2.18. The topological polar surface area (TPSA) is 82.7 Å². The summed E-state index contributed by atoms with van der Waals surface area (Å²) in [5, 5.41) is 9.57. The monoisotopic (exact) mass is 424 g/mol. The molecule has 0 atom stereocenters. The minimum atomic E-state index is -0.522. The van der Waals surface area contributed by atoms with E-state index in [4.69, 9.17) is 18.9 Å². The van der Waals surface area contributed by atoms with Gasteiger partial charge in [0.15, 0.2) is 6.79 Å². The minimum absolute atomic E-state index is 0.0622. The van der Waals surface area contributed by atoms with Crippen molar-refractivity contribution in [3.8, 4) is 34.4 Å². The third-order valence-corrected chi connectivity index (χ3v) is 4.50. The number of nitriles is 1. The maximum Gasteiger partial charge on any atom is 0.341 e. The number of methoxy groups -OCH3 is 2. The molecule has 31 heavy (non-hydrogen) atoms. The predicted molar refractivity (Wildman–Crippen MR) is 111 cm³/mol. The van der Waals surface area contributed by atoms with Crippen LogP contribution in [0.4, 0.5) is 4.39 Å². The predicted octanol–water partition coefficient (Wildman–Crippen LogP) is 4.32. The molecule has 8 heteroatoms. The number of halogens is 1. The zero-order valence-electron chi connectivity index (χ0n) is 17.3. The largest absolute Gasteiger partial charge is 0.497 e. The Bertz CT molecular complexity index is 1130. The molecule has 0 spiro atoms. The summed E-state index contributed by atoms with van der Waals surface area (Å²) in [7, 11) is 2.92. The second-order valence-corrected chi connectivity index (χ2v) is 6.40. The number of hydrogen-bond donors (Lipinski definition) is 0. The number of esters is 1. The lowest BCUT2D eigenvalue weighted by Crippen LogP contribution is -2.10. The van der Waals surface area contributed by atoms with Gasteiger partial charge in [0.05, 0.1) is 19.3 Å². The van der Waals surface area contributed by atoms with Crippen molar-refractivity contribution in [1.82, 2.24) is 4.57 Å². The van der Waals surface area contributed by atoms with E-state index in [0.29, 0.717) is 17.0 Å². The van der Waals surface area contributed by atoms with Crippen LogP contribution in [0.25, 0.3) is 16.8 Å². The van der Waals surface area contributed by atoms with Gasteiger partial charge in [-0.1, -0.05) is 0 Å². The standard InChI is InChI=1S/C23H21FN2O5/c1-4-30-23(27)19-7-5-16(9-22(19)31-14-28-2)26-12-15(11-25)20(13-26)18-8-6-17(29-3)10-21(18)24/h5-10,12-13H,4,14H2,1-3H3. The van der Waals surface area contributed by atoms with Gasteiger partial charge in [0.1, 0.15) is 28.9 Å². The molecule has 160 valence electrons. The number of ether oxygens (including phenoxy) is 4. The summed E-state index contributed by atoms with van der Waals surface area (Å²) in [6.45, 7) is 1.88. The Kier molecular flexibility index (Phi) is 6.90. The fourth-order valence-corrected chi connectivity index (χ4v) is 3.04. The van der Waals surface area contributed by atoms with Gasteiger partial charge in [0.25, 0.3) is 0 Å². The van der Waals surface area contributed by atoms with Crippen molar-refractivity contribution in [2.75, 3.05) is 27.6 Å². The maximum atomic E-state index is 14.6. The summed E-state index contributed by atoms with van der Waals surface area (Å²) >= 11 is 0. The second-order valence-electron chi connectivity index (χ2n) is 6.40. The molecule has 7 nitrogen and oxygen atoms in total. The lowest BCUT2D eigenvalue weighted by atomic mass is 10.0. The van der Waals surface area contributed by atoms with Gasteiger partial charge in [-0.15, -0.1) is 0 Å². The van der Waals surface area contributed by atoms with E-state index in [2.05, 4.69) is 6.07 Å². The highest BCUT2D eigenvalue weighted by molar-refractivity contribution is 5.93. The van der Waals surface area contributed by atoms with Gasteiger partial charge in [0.2, 0.25) is 0 Å². The van der Waals surface area contributed by atoms with Crippen LogP contribution in [0.1, 0.15) is 22.8 Å². The van der Waals surface area contributed by atoms with Gasteiger partial charge >= 0.3 is 5.97 Å². The van der Waals surface area contributed by atoms with E-state index >= 15 is 0 Å². The number of carbonyl (C=O) groups is 1. The van der Waals surface area contributed by atoms with Crippen molar-refractivity contribution >= 4 is 5.97 Å². The van der Waals surface area contributed by atoms with Crippen molar-refractivity contribution < 1.29 is 28.1 Å². The van der Waals surface area contributed by atoms with E-state index in [1.165, 1.54) is 20.3 Å². The number of nitrogens with zero attached hydrogens (tertiary/aromatic N) is 2. The molecule has 3 aromatic rings. The van der Waals surface area contributed by atoms with Gasteiger partial charge in [0, 0.05) is 48.5 Å². The van der Waals surface area contributed by atoms with E-state index in [9.17, 15) is 14.4 Å². The molecule has 0 saturated carbocycles. The van der Waals surface area contributed by atoms with Crippen LogP contribution < -0.4 is 9.47 Å². The Balaban J connectivity index is 2.05. The lowest BCUT2D eigenvalue weighted by Gasteiger charge is -2.12. The van der Waals surface area contributed by atoms with Crippen molar-refractivity contribution in [2.24, 2.45) is 0 Å². The van der Waals surface area contributed by atoms with Crippen molar-refractivity contribution in [3.05, 3.63) is 65.7 Å². The molecule has 0 N–H and O–H groups in total. The van der Waals surface area contributed by atoms with Crippen molar-refractivity contribution in [3.63, 3.8) is 0 Å². The molecular weight excluding hydrogens is 403 g/mol. The summed E-state index contributed by atoms with van der Waals surface area (Å²) in [4.78, 5) is 12.2. The number of hydrogen-bond acceptors (Lipinski definition) is 6. The zero-order chi connectivity index (χ0) is 22.4. The first-order valence-electron chi connectivity index (χ1n) is 9.41. The van der Waals surface area contributed by atoms with Crippen LogP contribution in [-0.4, -0.2) is 38.2 Å². The third-order valence-electron chi connectivity index (χ3n) is 4.50. The van der Waals surface area contributed by atoms with Gasteiger partial charge < -0.3 is 23.5 Å². The summed E-state index contributed by atoms with van der Waals surface area (Å²) in [5.74, 6) is -0.377. The Morgan fingerprint density at radius 2 is 1.94 bits per heavy atom. The van der Waals surface area contributed by atoms with Gasteiger partial charge in [-0.3, -0.25) is 0 Å². The van der Waals surface area contributed by atoms with E-state index < -0.39 is 11.8 Å². The summed E-state index contributed by atoms with van der Waals surface area (Å²) in [6.07, 6.45) is 3.22. The van der Waals surface area contributed by atoms with Crippen LogP contribution in [0.5, 0.6) is 11.5 Å². The first kappa shape index (κ1) is 21.9. The fraction of sp³-hybridized carbons (Fsp3) is 0.217. The van der Waals surface area contributed by atoms with Crippen molar-refractivity contribution in [1.29, 1.82) is 5.26 Å². The maximum absolute atomic E-state index is 14.6. The molecule has 0 aliphatic heterocycles. The smallest absolute Gasteiger partial charge is 0.341 e. The Morgan fingerprint density at radius 1 is 1.13 bits per heavy atom. The summed E-state index contributed by atoms with van der Waals surface area (Å²) in [6, 6.07) is 11.4. The Morgan fingerprint density at radius 3 is 2.58 bits per heavy atom. The SMILES string of the molecule is CCOC(=O)c1ccc(-n2cc(C#N)c(-c3ccc(OC)cc3F)c2)cc1OCOC. The van der Waals surface area contributed by atoms with Crippen LogP contribution in [0.15, 0.2) is 48.8 Å². The molecule has 0 aliphatic rings. The first-order chi connectivity index (χ1) is 15.0. The van der Waals surface area contributed by atoms with Crippen LogP contribution >= 0.6 is 0 Å². The van der Waals surface area contributed by atoms with E-state index in [1.807, 2.05) is 0 Å². The zero-order valence-corrected chi connectivity index (χ0v) is 17.3. The van der Waals surface area contributed by atoms with E-state index in [-0.39, 0.29) is 35.8 Å². The van der Waals surface area contributed by atoms with Gasteiger partial charge in [-0.2, -0.15) is 5.26 Å². The van der Waals surface area contributed by atoms with Crippen LogP contribution in [0.3, 0.4) is 0 Å². The molecule has 1 aromatic heterocycles. The number of rotatable bonds is 8. The summed E-state index contributed by atoms with van der Waals surface area (Å²) in [5.41, 5.74) is 1.84. The average Bonchev–Trinajstić information content (AvgIpc) is 3.21. The average molecular weight is 424 g/mol. The molecular formula is C23H21FN2O5. The first-order valence-corrected chi connectivity index (χ1v) is 9.41. The molecule has 0 aliphatic carbocycles. The summed E-state index contributed by atoms with van der Waals surface area (Å²) < 4.78 is 36.8. The highest BCUT2D eigenvalue weighted by Crippen LogP contribution is 2.32. The second kappa shape index (κ2) is 9.78. The molecule has 0 radical (unpaired) electrons. The van der Waals surface area contributed by atoms with Gasteiger partial charge in [-0.05, 0) is 31.2 Å². The molecule has 0 amide bonds. The third kappa shape index (κ3) is 4.68. The van der Waals surface area contributed by atoms with Crippen LogP contribution in [-0.2, 0) is 9.47 Å². The highest BCUT2D eigenvalue weighted by atomic mass is 19.1. The fourth-order valence-electron chi connectivity index (χ4n) is 3.04. The molecule has 0 fully saturated rings. The number of carbonyl (C=O) groups excluding carboxylic acids is 1. The molecule has 1 heterocycles. The molecule has 0 unspecified atom stereocenters. The number of aromatic nitrogens is 1. The normalized spacial score (nSPS) is 10.4. The Hall–Kier alpha value is -3.83. The Labute approximate surface area is 179 Å². The van der Waals surface area contributed by atoms with E-state index in [1.54, 1.807) is 54.2 Å². The molecule has 3 rings (SSSR count). The van der Waals surface area contributed by atoms with Crippen molar-refractivity contribution in [2.45, 2.75) is 6.92 Å². The van der Waals surface area contributed by atoms with Crippen LogP contribution in [0, 0.1) is 17.1 Å². The lowest BCUT2D eigenvalue weighted by molar-refractivity contribution is 0.0438. The quantitative estimate of drug-likeness (QED) is 0.396. The number of benzene rings is 2. The van der Waals surface area contributed by atoms with Gasteiger partial charge in [-0.25, -0.2) is 9.18 Å². The van der Waals surface area contributed by atoms with Crippen LogP contribution in [0.2, 0.25) is 0 Å².